The summed E-state index contributed by atoms with van der Waals surface area (Å²) in [7, 11) is 0. The van der Waals surface area contributed by atoms with Gasteiger partial charge in [-0.05, 0) is 93.9 Å². The number of hydrogen-bond acceptors (Lipinski definition) is 8. The third-order valence-electron chi connectivity index (χ3n) is 9.93. The first kappa shape index (κ1) is 37.1. The SMILES string of the molecule is N#Cc1ccc(-c2ccc(CCNC(=O)C3Cc4cc5c(cc4CN3C(=O)c3cscn3)OC(c3ccc(OCc4ccc(Cl)c(Cl)c4)cc3)CO5)cc2)cc1. The summed E-state index contributed by atoms with van der Waals surface area (Å²) >= 11 is 13.5. The van der Waals surface area contributed by atoms with E-state index in [0.717, 1.165) is 38.9 Å². The maximum Gasteiger partial charge on any atom is 0.274 e. The van der Waals surface area contributed by atoms with E-state index in [1.54, 1.807) is 40.1 Å². The number of ether oxygens (including phenoxy) is 3. The molecule has 0 aliphatic carbocycles. The zero-order chi connectivity index (χ0) is 38.6. The average Bonchev–Trinajstić information content (AvgIpc) is 3.78. The Balaban J connectivity index is 0.924. The number of nitriles is 1. The number of thiazole rings is 1. The van der Waals surface area contributed by atoms with Gasteiger partial charge >= 0.3 is 0 Å². The standard InChI is InChI=1S/C44H34Cl2N4O5S/c45-36-14-5-29(17-37(36)46)23-53-35-12-10-32(11-13-35)42-24-54-40-19-33-18-39(50(22-34(33)20-41(40)55-42)44(52)38-25-56-26-49-38)43(51)48-16-15-27-1-6-30(7-2-27)31-8-3-28(21-47)4-9-31/h1-14,17,19-20,25-26,39,42H,15-16,18,22-24H2,(H,48,51). The molecule has 12 heteroatoms. The van der Waals surface area contributed by atoms with Crippen LogP contribution in [0, 0.1) is 11.3 Å². The van der Waals surface area contributed by atoms with Gasteiger partial charge in [0.2, 0.25) is 5.91 Å². The molecule has 9 nitrogen and oxygen atoms in total. The van der Waals surface area contributed by atoms with E-state index >= 15 is 0 Å². The predicted octanol–water partition coefficient (Wildman–Crippen LogP) is 9.01. The monoisotopic (exact) mass is 800 g/mol. The minimum Gasteiger partial charge on any atom is -0.489 e. The minimum atomic E-state index is -0.733. The molecule has 0 saturated heterocycles. The number of nitrogens with zero attached hydrogens (tertiary/aromatic N) is 3. The Bertz CT molecular complexity index is 2420. The molecule has 280 valence electrons. The summed E-state index contributed by atoms with van der Waals surface area (Å²) in [6, 6.07) is 34.0. The van der Waals surface area contributed by atoms with Gasteiger partial charge < -0.3 is 24.4 Å². The number of nitrogens with one attached hydrogen (secondary N) is 1. The third-order valence-corrected chi connectivity index (χ3v) is 11.3. The highest BCUT2D eigenvalue weighted by atomic mass is 35.5. The molecule has 2 aliphatic rings. The first-order chi connectivity index (χ1) is 27.3. The van der Waals surface area contributed by atoms with Crippen molar-refractivity contribution in [2.24, 2.45) is 0 Å². The van der Waals surface area contributed by atoms with Crippen LogP contribution in [-0.2, 0) is 30.8 Å². The van der Waals surface area contributed by atoms with Crippen molar-refractivity contribution in [3.05, 3.63) is 163 Å². The summed E-state index contributed by atoms with van der Waals surface area (Å²) in [5.41, 5.74) is 9.32. The molecule has 0 spiro atoms. The molecule has 56 heavy (non-hydrogen) atoms. The van der Waals surface area contributed by atoms with Gasteiger partial charge in [-0.3, -0.25) is 9.59 Å². The second-order valence-electron chi connectivity index (χ2n) is 13.5. The normalized spacial score (nSPS) is 15.7. The van der Waals surface area contributed by atoms with E-state index in [-0.39, 0.29) is 24.5 Å². The smallest absolute Gasteiger partial charge is 0.274 e. The van der Waals surface area contributed by atoms with Crippen LogP contribution in [-0.4, -0.2) is 40.9 Å². The summed E-state index contributed by atoms with van der Waals surface area (Å²) < 4.78 is 18.6. The van der Waals surface area contributed by atoms with E-state index in [9.17, 15) is 9.59 Å². The Morgan fingerprint density at radius 3 is 2.34 bits per heavy atom. The first-order valence-corrected chi connectivity index (χ1v) is 19.7. The van der Waals surface area contributed by atoms with Gasteiger partial charge in [-0.25, -0.2) is 4.98 Å². The largest absolute Gasteiger partial charge is 0.489 e. The van der Waals surface area contributed by atoms with Gasteiger partial charge in [0.1, 0.15) is 30.7 Å². The molecule has 0 fully saturated rings. The van der Waals surface area contributed by atoms with Gasteiger partial charge in [-0.15, -0.1) is 11.3 Å². The van der Waals surface area contributed by atoms with E-state index in [1.807, 2.05) is 78.9 Å². The van der Waals surface area contributed by atoms with Crippen molar-refractivity contribution in [3.63, 3.8) is 0 Å². The maximum atomic E-state index is 13.8. The summed E-state index contributed by atoms with van der Waals surface area (Å²) in [5, 5.41) is 14.8. The van der Waals surface area contributed by atoms with Crippen LogP contribution in [0.25, 0.3) is 11.1 Å². The molecule has 0 radical (unpaired) electrons. The van der Waals surface area contributed by atoms with Crippen LogP contribution in [0.4, 0.5) is 0 Å². The van der Waals surface area contributed by atoms with Crippen molar-refractivity contribution < 1.29 is 23.8 Å². The quantitative estimate of drug-likeness (QED) is 0.147. The lowest BCUT2D eigenvalue weighted by atomic mass is 9.92. The summed E-state index contributed by atoms with van der Waals surface area (Å²) in [4.78, 5) is 33.4. The summed E-state index contributed by atoms with van der Waals surface area (Å²) in [6.07, 6.45) is 0.587. The second kappa shape index (κ2) is 16.5. The molecule has 3 heterocycles. The number of carbonyl (C=O) groups excluding carboxylic acids is 2. The number of fused-ring (bicyclic) bond motifs is 2. The molecule has 6 aromatic rings. The minimum absolute atomic E-state index is 0.215. The van der Waals surface area contributed by atoms with Crippen LogP contribution in [0.2, 0.25) is 10.0 Å². The fraction of sp³-hybridized carbons (Fsp3) is 0.182. The van der Waals surface area contributed by atoms with E-state index in [0.29, 0.717) is 71.2 Å². The fourth-order valence-corrected chi connectivity index (χ4v) is 7.70. The highest BCUT2D eigenvalue weighted by molar-refractivity contribution is 7.07. The lowest BCUT2D eigenvalue weighted by Crippen LogP contribution is -2.53. The highest BCUT2D eigenvalue weighted by Gasteiger charge is 2.37. The van der Waals surface area contributed by atoms with Gasteiger partial charge in [0.05, 0.1) is 27.2 Å². The molecule has 2 amide bonds. The number of amides is 2. The second-order valence-corrected chi connectivity index (χ2v) is 15.1. The molecule has 1 aromatic heterocycles. The fourth-order valence-electron chi connectivity index (χ4n) is 6.85. The molecule has 2 atom stereocenters. The Kier molecular flexibility index (Phi) is 10.9. The van der Waals surface area contributed by atoms with Crippen molar-refractivity contribution in [1.29, 1.82) is 5.26 Å². The number of rotatable bonds is 10. The van der Waals surface area contributed by atoms with Gasteiger partial charge in [-0.2, -0.15) is 5.26 Å². The Labute approximate surface area is 338 Å². The third kappa shape index (κ3) is 8.21. The number of halogens is 2. The van der Waals surface area contributed by atoms with Crippen molar-refractivity contribution in [3.8, 4) is 34.4 Å². The Morgan fingerprint density at radius 2 is 1.62 bits per heavy atom. The molecule has 2 aliphatic heterocycles. The number of carbonyl (C=O) groups is 2. The number of benzene rings is 5. The molecule has 8 rings (SSSR count). The first-order valence-electron chi connectivity index (χ1n) is 18.0. The van der Waals surface area contributed by atoms with Crippen LogP contribution >= 0.6 is 34.5 Å². The van der Waals surface area contributed by atoms with Gasteiger partial charge in [0.25, 0.3) is 5.91 Å². The topological polar surface area (TPSA) is 114 Å². The average molecular weight is 802 g/mol. The van der Waals surface area contributed by atoms with Crippen LogP contribution < -0.4 is 19.5 Å². The lowest BCUT2D eigenvalue weighted by Gasteiger charge is -2.37. The predicted molar refractivity (Wildman–Crippen MR) is 215 cm³/mol. The van der Waals surface area contributed by atoms with Crippen LogP contribution in [0.3, 0.4) is 0 Å². The van der Waals surface area contributed by atoms with E-state index in [1.165, 1.54) is 11.3 Å². The molecule has 5 aromatic carbocycles. The van der Waals surface area contributed by atoms with Crippen LogP contribution in [0.1, 0.15) is 50.0 Å². The molecule has 0 bridgehead atoms. The Morgan fingerprint density at radius 1 is 0.893 bits per heavy atom. The molecular weight excluding hydrogens is 767 g/mol. The summed E-state index contributed by atoms with van der Waals surface area (Å²) in [6.45, 7) is 1.28. The van der Waals surface area contributed by atoms with Gasteiger partial charge in [0.15, 0.2) is 17.6 Å². The van der Waals surface area contributed by atoms with Crippen LogP contribution in [0.15, 0.2) is 114 Å². The van der Waals surface area contributed by atoms with Crippen molar-refractivity contribution in [2.75, 3.05) is 13.2 Å². The van der Waals surface area contributed by atoms with Crippen molar-refractivity contribution >= 4 is 46.4 Å². The molecule has 2 unspecified atom stereocenters. The van der Waals surface area contributed by atoms with Crippen LogP contribution in [0.5, 0.6) is 17.2 Å². The van der Waals surface area contributed by atoms with Crippen molar-refractivity contribution in [2.45, 2.75) is 38.1 Å². The zero-order valence-corrected chi connectivity index (χ0v) is 32.2. The Hall–Kier alpha value is -5.86. The maximum absolute atomic E-state index is 13.8. The van der Waals surface area contributed by atoms with E-state index in [2.05, 4.69) is 16.4 Å². The lowest BCUT2D eigenvalue weighted by molar-refractivity contribution is -0.126. The molecule has 0 saturated carbocycles. The van der Waals surface area contributed by atoms with Gasteiger partial charge in [-0.1, -0.05) is 77.8 Å². The summed E-state index contributed by atoms with van der Waals surface area (Å²) in [5.74, 6) is 1.35. The van der Waals surface area contributed by atoms with E-state index < -0.39 is 6.04 Å². The van der Waals surface area contributed by atoms with Crippen molar-refractivity contribution in [1.82, 2.24) is 15.2 Å². The van der Waals surface area contributed by atoms with Gasteiger partial charge in [0, 0.05) is 24.9 Å². The highest BCUT2D eigenvalue weighted by Crippen LogP contribution is 2.41. The number of aromatic nitrogens is 1. The number of hydrogen-bond donors (Lipinski definition) is 1. The molecular formula is C44H34Cl2N4O5S. The zero-order valence-electron chi connectivity index (χ0n) is 29.9. The molecule has 1 N–H and O–H groups in total. The van der Waals surface area contributed by atoms with E-state index in [4.69, 9.17) is 42.7 Å².